The van der Waals surface area contributed by atoms with Gasteiger partial charge in [-0.05, 0) is 30.4 Å². The second-order valence-corrected chi connectivity index (χ2v) is 3.70. The Bertz CT molecular complexity index is 208. The van der Waals surface area contributed by atoms with Gasteiger partial charge < -0.3 is 0 Å². The third kappa shape index (κ3) is 3.17. The van der Waals surface area contributed by atoms with Gasteiger partial charge in [-0.15, -0.1) is 0 Å². The van der Waals surface area contributed by atoms with Crippen molar-refractivity contribution in [1.29, 1.82) is 0 Å². The van der Waals surface area contributed by atoms with E-state index in [1.165, 1.54) is 5.56 Å². The minimum absolute atomic E-state index is 0.114. The quantitative estimate of drug-likeness (QED) is 0.628. The number of aromatic nitrogens is 1. The first kappa shape index (κ1) is 8.25. The molecule has 0 fully saturated rings. The molecule has 0 aliphatic heterocycles. The summed E-state index contributed by atoms with van der Waals surface area (Å²) in [5.74, 6) is 0. The molecule has 0 saturated heterocycles. The normalized spacial score (nSPS) is 11.5. The third-order valence-corrected chi connectivity index (χ3v) is 1.41. The van der Waals surface area contributed by atoms with Crippen LogP contribution in [0, 0.1) is 12.3 Å². The first-order valence-electron chi connectivity index (χ1n) is 3.82. The van der Waals surface area contributed by atoms with Crippen LogP contribution in [0.15, 0.2) is 24.5 Å². The van der Waals surface area contributed by atoms with E-state index in [1.54, 1.807) is 6.20 Å². The second kappa shape index (κ2) is 3.04. The van der Waals surface area contributed by atoms with Gasteiger partial charge in [0, 0.05) is 12.4 Å². The molecule has 0 unspecified atom stereocenters. The predicted molar refractivity (Wildman–Crippen MR) is 47.1 cm³/mol. The molecule has 1 nitrogen and oxygen atoms in total. The molecule has 1 rings (SSSR count). The van der Waals surface area contributed by atoms with Crippen molar-refractivity contribution in [3.8, 4) is 0 Å². The van der Waals surface area contributed by atoms with Gasteiger partial charge in [0.2, 0.25) is 0 Å². The van der Waals surface area contributed by atoms with Crippen LogP contribution in [0.1, 0.15) is 19.4 Å². The summed E-state index contributed by atoms with van der Waals surface area (Å²) in [6.45, 7) is 8.29. The Balaban J connectivity index is 2.66. The van der Waals surface area contributed by atoms with E-state index >= 15 is 0 Å². The zero-order chi connectivity index (χ0) is 8.32. The van der Waals surface area contributed by atoms with Gasteiger partial charge in [0.1, 0.15) is 0 Å². The summed E-state index contributed by atoms with van der Waals surface area (Å²) in [4.78, 5) is 4.04. The van der Waals surface area contributed by atoms with Gasteiger partial charge in [-0.2, -0.15) is 0 Å². The van der Waals surface area contributed by atoms with E-state index in [1.807, 2.05) is 12.3 Å². The Kier molecular flexibility index (Phi) is 2.28. The molecule has 0 spiro atoms. The summed E-state index contributed by atoms with van der Waals surface area (Å²) in [6.07, 6.45) is 4.67. The fraction of sp³-hybridized carbons (Fsp3) is 0.400. The highest BCUT2D eigenvalue weighted by molar-refractivity contribution is 5.10. The molecule has 11 heavy (non-hydrogen) atoms. The maximum Gasteiger partial charge on any atom is 0.0300 e. The molecular formula is C10H14N. The highest BCUT2D eigenvalue weighted by Gasteiger charge is 2.10. The minimum Gasteiger partial charge on any atom is -0.264 e. The molecule has 1 aromatic heterocycles. The largest absolute Gasteiger partial charge is 0.264 e. The van der Waals surface area contributed by atoms with E-state index < -0.39 is 0 Å². The zero-order valence-corrected chi connectivity index (χ0v) is 7.17. The Morgan fingerprint density at radius 3 is 2.73 bits per heavy atom. The second-order valence-electron chi connectivity index (χ2n) is 3.70. The molecule has 1 aromatic rings. The molecule has 0 saturated carbocycles. The molecule has 0 atom stereocenters. The summed E-state index contributed by atoms with van der Waals surface area (Å²) >= 11 is 0. The number of pyridine rings is 1. The smallest absolute Gasteiger partial charge is 0.0300 e. The average Bonchev–Trinajstić information content (AvgIpc) is 1.85. The van der Waals surface area contributed by atoms with Crippen molar-refractivity contribution in [1.82, 2.24) is 4.98 Å². The number of nitrogens with zero attached hydrogens (tertiary/aromatic N) is 1. The van der Waals surface area contributed by atoms with Crippen LogP contribution in [-0.4, -0.2) is 4.98 Å². The lowest BCUT2D eigenvalue weighted by Crippen LogP contribution is -2.09. The summed E-state index contributed by atoms with van der Waals surface area (Å²) in [5.41, 5.74) is 1.37. The lowest BCUT2D eigenvalue weighted by molar-refractivity contribution is 0.472. The predicted octanol–water partition coefficient (Wildman–Crippen LogP) is 2.48. The van der Waals surface area contributed by atoms with Crippen LogP contribution in [0.4, 0.5) is 0 Å². The molecule has 0 N–H and O–H groups in total. The monoisotopic (exact) mass is 148 g/mol. The molecule has 0 aliphatic carbocycles. The molecule has 0 amide bonds. The Hall–Kier alpha value is -0.850. The van der Waals surface area contributed by atoms with Crippen LogP contribution in [0.3, 0.4) is 0 Å². The topological polar surface area (TPSA) is 12.9 Å². The van der Waals surface area contributed by atoms with E-state index in [9.17, 15) is 0 Å². The summed E-state index contributed by atoms with van der Waals surface area (Å²) in [7, 11) is 0. The van der Waals surface area contributed by atoms with Crippen LogP contribution < -0.4 is 0 Å². The summed E-state index contributed by atoms with van der Waals surface area (Å²) < 4.78 is 0. The lowest BCUT2D eigenvalue weighted by atomic mass is 9.89. The standard InChI is InChI=1S/C10H14N/c1-10(2,3)7-9-5-4-6-11-8-9/h4-6,8H,1,7H2,2-3H3. The fourth-order valence-corrected chi connectivity index (χ4v) is 1.06. The third-order valence-electron chi connectivity index (χ3n) is 1.41. The van der Waals surface area contributed by atoms with Gasteiger partial charge >= 0.3 is 0 Å². The minimum atomic E-state index is 0.114. The summed E-state index contributed by atoms with van der Waals surface area (Å²) in [5, 5.41) is 0. The Morgan fingerprint density at radius 1 is 1.55 bits per heavy atom. The highest BCUT2D eigenvalue weighted by atomic mass is 14.6. The van der Waals surface area contributed by atoms with Gasteiger partial charge in [-0.1, -0.05) is 19.9 Å². The zero-order valence-electron chi connectivity index (χ0n) is 7.17. The number of hydrogen-bond acceptors (Lipinski definition) is 1. The van der Waals surface area contributed by atoms with Crippen LogP contribution in [-0.2, 0) is 6.42 Å². The van der Waals surface area contributed by atoms with Crippen molar-refractivity contribution < 1.29 is 0 Å². The van der Waals surface area contributed by atoms with E-state index in [4.69, 9.17) is 0 Å². The maximum atomic E-state index is 4.04. The van der Waals surface area contributed by atoms with Crippen LogP contribution in [0.25, 0.3) is 0 Å². The Morgan fingerprint density at radius 2 is 2.27 bits per heavy atom. The van der Waals surface area contributed by atoms with Gasteiger partial charge in [0.05, 0.1) is 0 Å². The van der Waals surface area contributed by atoms with Crippen molar-refractivity contribution in [2.75, 3.05) is 0 Å². The first-order valence-corrected chi connectivity index (χ1v) is 3.82. The number of hydrogen-bond donors (Lipinski definition) is 0. The summed E-state index contributed by atoms with van der Waals surface area (Å²) in [6, 6.07) is 4.04. The molecule has 0 aliphatic rings. The van der Waals surface area contributed by atoms with Crippen LogP contribution in [0.5, 0.6) is 0 Å². The van der Waals surface area contributed by atoms with E-state index in [0.29, 0.717) is 0 Å². The molecule has 1 heterocycles. The molecule has 0 bridgehead atoms. The van der Waals surface area contributed by atoms with Crippen LogP contribution in [0.2, 0.25) is 0 Å². The number of rotatable bonds is 2. The van der Waals surface area contributed by atoms with E-state index in [2.05, 4.69) is 31.8 Å². The van der Waals surface area contributed by atoms with Crippen molar-refractivity contribution in [3.05, 3.63) is 37.0 Å². The molecular weight excluding hydrogens is 134 g/mol. The molecule has 59 valence electrons. The van der Waals surface area contributed by atoms with Gasteiger partial charge in [-0.25, -0.2) is 0 Å². The van der Waals surface area contributed by atoms with Crippen LogP contribution >= 0.6 is 0 Å². The van der Waals surface area contributed by atoms with Gasteiger partial charge in [-0.3, -0.25) is 4.98 Å². The SMILES string of the molecule is [CH2]C(C)(C)Cc1cccnc1. The first-order chi connectivity index (χ1) is 5.08. The molecule has 1 heteroatoms. The molecule has 1 radical (unpaired) electrons. The molecule has 0 aromatic carbocycles. The van der Waals surface area contributed by atoms with Crippen molar-refractivity contribution in [2.45, 2.75) is 20.3 Å². The maximum absolute atomic E-state index is 4.04. The van der Waals surface area contributed by atoms with Crippen molar-refractivity contribution >= 4 is 0 Å². The average molecular weight is 148 g/mol. The van der Waals surface area contributed by atoms with E-state index in [0.717, 1.165) is 6.42 Å². The van der Waals surface area contributed by atoms with Gasteiger partial charge in [0.25, 0.3) is 0 Å². The highest BCUT2D eigenvalue weighted by Crippen LogP contribution is 2.18. The van der Waals surface area contributed by atoms with Crippen molar-refractivity contribution in [2.24, 2.45) is 5.41 Å². The van der Waals surface area contributed by atoms with E-state index in [-0.39, 0.29) is 5.41 Å². The Labute approximate surface area is 68.5 Å². The van der Waals surface area contributed by atoms with Crippen molar-refractivity contribution in [3.63, 3.8) is 0 Å². The fourth-order valence-electron chi connectivity index (χ4n) is 1.06. The van der Waals surface area contributed by atoms with Gasteiger partial charge in [0.15, 0.2) is 0 Å². The lowest BCUT2D eigenvalue weighted by Gasteiger charge is -2.17.